The molecule has 3 rings (SSSR count). The van der Waals surface area contributed by atoms with Crippen LogP contribution in [0.25, 0.3) is 0 Å². The summed E-state index contributed by atoms with van der Waals surface area (Å²) in [5.74, 6) is 0.0698. The van der Waals surface area contributed by atoms with Crippen LogP contribution in [-0.2, 0) is 0 Å². The van der Waals surface area contributed by atoms with Crippen LogP contribution in [0, 0.1) is 6.92 Å². The number of hydrogen-bond acceptors (Lipinski definition) is 3. The van der Waals surface area contributed by atoms with Crippen molar-refractivity contribution in [1.29, 1.82) is 0 Å². The van der Waals surface area contributed by atoms with Crippen molar-refractivity contribution >= 4 is 34.8 Å². The first-order valence-electron chi connectivity index (χ1n) is 9.18. The predicted molar refractivity (Wildman–Crippen MR) is 116 cm³/mol. The molecular formula is C23H21ClN2O3. The van der Waals surface area contributed by atoms with Gasteiger partial charge in [-0.3, -0.25) is 9.59 Å². The van der Waals surface area contributed by atoms with Crippen molar-refractivity contribution in [2.45, 2.75) is 13.8 Å². The van der Waals surface area contributed by atoms with Crippen LogP contribution in [0.15, 0.2) is 66.7 Å². The van der Waals surface area contributed by atoms with E-state index in [-0.39, 0.29) is 11.8 Å². The van der Waals surface area contributed by atoms with Crippen LogP contribution in [0.3, 0.4) is 0 Å². The van der Waals surface area contributed by atoms with Gasteiger partial charge in [-0.25, -0.2) is 0 Å². The molecule has 5 nitrogen and oxygen atoms in total. The first-order chi connectivity index (χ1) is 14.0. The zero-order chi connectivity index (χ0) is 20.8. The predicted octanol–water partition coefficient (Wildman–Crippen LogP) is 5.55. The number of hydrogen-bond donors (Lipinski definition) is 2. The second-order valence-electron chi connectivity index (χ2n) is 6.43. The molecule has 0 aromatic heterocycles. The minimum absolute atomic E-state index is 0.186. The normalized spacial score (nSPS) is 10.3. The molecule has 0 saturated carbocycles. The van der Waals surface area contributed by atoms with Crippen molar-refractivity contribution in [3.8, 4) is 5.75 Å². The van der Waals surface area contributed by atoms with Crippen LogP contribution in [0.2, 0.25) is 5.02 Å². The Hall–Kier alpha value is -3.31. The van der Waals surface area contributed by atoms with Crippen LogP contribution < -0.4 is 15.4 Å². The number of anilines is 2. The molecule has 0 atom stereocenters. The van der Waals surface area contributed by atoms with E-state index >= 15 is 0 Å². The molecule has 6 heteroatoms. The summed E-state index contributed by atoms with van der Waals surface area (Å²) in [7, 11) is 0. The number of rotatable bonds is 6. The van der Waals surface area contributed by atoms with Gasteiger partial charge in [0.15, 0.2) is 0 Å². The average molecular weight is 409 g/mol. The molecule has 0 aliphatic carbocycles. The van der Waals surface area contributed by atoms with Crippen LogP contribution in [0.4, 0.5) is 11.4 Å². The Morgan fingerprint density at radius 2 is 1.45 bits per heavy atom. The number of nitrogens with one attached hydrogen (secondary N) is 2. The zero-order valence-electron chi connectivity index (χ0n) is 16.2. The maximum atomic E-state index is 12.4. The van der Waals surface area contributed by atoms with Crippen molar-refractivity contribution in [2.75, 3.05) is 17.2 Å². The average Bonchev–Trinajstić information content (AvgIpc) is 2.71. The van der Waals surface area contributed by atoms with Gasteiger partial charge in [0, 0.05) is 22.5 Å². The lowest BCUT2D eigenvalue weighted by Crippen LogP contribution is -2.13. The van der Waals surface area contributed by atoms with Crippen molar-refractivity contribution < 1.29 is 14.3 Å². The van der Waals surface area contributed by atoms with E-state index in [0.717, 1.165) is 5.56 Å². The maximum absolute atomic E-state index is 12.4. The maximum Gasteiger partial charge on any atom is 0.255 e. The molecule has 3 aromatic rings. The number of ether oxygens (including phenoxy) is 1. The molecule has 0 spiro atoms. The largest absolute Gasteiger partial charge is 0.492 e. The lowest BCUT2D eigenvalue weighted by Gasteiger charge is -2.10. The van der Waals surface area contributed by atoms with E-state index in [1.807, 2.05) is 32.0 Å². The van der Waals surface area contributed by atoms with E-state index in [1.165, 1.54) is 0 Å². The van der Waals surface area contributed by atoms with E-state index < -0.39 is 0 Å². The fraction of sp³-hybridized carbons (Fsp3) is 0.130. The van der Waals surface area contributed by atoms with Crippen LogP contribution in [0.5, 0.6) is 5.75 Å². The molecule has 0 bridgehead atoms. The van der Waals surface area contributed by atoms with Gasteiger partial charge in [-0.05, 0) is 68.4 Å². The SMILES string of the molecule is CCOc1ccc(C(=O)Nc2ccc(NC(=O)c3cccc(C)c3)cc2)cc1Cl. The number of carbonyl (C=O) groups excluding carboxylic acids is 2. The molecule has 29 heavy (non-hydrogen) atoms. The molecule has 0 aliphatic heterocycles. The Balaban J connectivity index is 1.63. The summed E-state index contributed by atoms with van der Waals surface area (Å²) in [4.78, 5) is 24.8. The van der Waals surface area contributed by atoms with Gasteiger partial charge in [-0.2, -0.15) is 0 Å². The molecule has 148 valence electrons. The van der Waals surface area contributed by atoms with Gasteiger partial charge in [0.05, 0.1) is 11.6 Å². The van der Waals surface area contributed by atoms with Gasteiger partial charge in [-0.15, -0.1) is 0 Å². The molecule has 0 radical (unpaired) electrons. The van der Waals surface area contributed by atoms with Gasteiger partial charge >= 0.3 is 0 Å². The summed E-state index contributed by atoms with van der Waals surface area (Å²) < 4.78 is 5.37. The smallest absolute Gasteiger partial charge is 0.255 e. The molecule has 0 aliphatic rings. The zero-order valence-corrected chi connectivity index (χ0v) is 16.9. The lowest BCUT2D eigenvalue weighted by molar-refractivity contribution is 0.101. The molecule has 2 amide bonds. The van der Waals surface area contributed by atoms with Gasteiger partial charge in [0.25, 0.3) is 11.8 Å². The van der Waals surface area contributed by atoms with E-state index in [1.54, 1.807) is 48.5 Å². The van der Waals surface area contributed by atoms with Crippen LogP contribution in [0.1, 0.15) is 33.2 Å². The Labute approximate surface area is 174 Å². The second kappa shape index (κ2) is 9.26. The highest BCUT2D eigenvalue weighted by molar-refractivity contribution is 6.32. The fourth-order valence-electron chi connectivity index (χ4n) is 2.74. The fourth-order valence-corrected chi connectivity index (χ4v) is 2.98. The first-order valence-corrected chi connectivity index (χ1v) is 9.56. The molecule has 0 fully saturated rings. The first kappa shape index (κ1) is 20.4. The third-order valence-electron chi connectivity index (χ3n) is 4.17. The Morgan fingerprint density at radius 3 is 1.97 bits per heavy atom. The van der Waals surface area contributed by atoms with Crippen molar-refractivity contribution in [1.82, 2.24) is 0 Å². The summed E-state index contributed by atoms with van der Waals surface area (Å²) >= 11 is 6.14. The van der Waals surface area contributed by atoms with Gasteiger partial charge in [0.1, 0.15) is 5.75 Å². The number of carbonyl (C=O) groups is 2. The van der Waals surface area contributed by atoms with E-state index in [9.17, 15) is 9.59 Å². The van der Waals surface area contributed by atoms with Crippen LogP contribution in [-0.4, -0.2) is 18.4 Å². The molecule has 2 N–H and O–H groups in total. The summed E-state index contributed by atoms with van der Waals surface area (Å²) in [5, 5.41) is 6.03. The van der Waals surface area contributed by atoms with E-state index in [2.05, 4.69) is 10.6 Å². The molecule has 0 unspecified atom stereocenters. The van der Waals surface area contributed by atoms with E-state index in [4.69, 9.17) is 16.3 Å². The van der Waals surface area contributed by atoms with Crippen molar-refractivity contribution in [2.24, 2.45) is 0 Å². The third kappa shape index (κ3) is 5.36. The topological polar surface area (TPSA) is 67.4 Å². The lowest BCUT2D eigenvalue weighted by atomic mass is 10.1. The van der Waals surface area contributed by atoms with Crippen molar-refractivity contribution in [3.63, 3.8) is 0 Å². The minimum atomic E-state index is -0.286. The quantitative estimate of drug-likeness (QED) is 0.561. The Kier molecular flexibility index (Phi) is 6.52. The summed E-state index contributed by atoms with van der Waals surface area (Å²) in [6, 6.07) is 19.2. The Morgan fingerprint density at radius 1 is 0.862 bits per heavy atom. The highest BCUT2D eigenvalue weighted by atomic mass is 35.5. The highest BCUT2D eigenvalue weighted by Crippen LogP contribution is 2.26. The second-order valence-corrected chi connectivity index (χ2v) is 6.84. The highest BCUT2D eigenvalue weighted by Gasteiger charge is 2.10. The van der Waals surface area contributed by atoms with E-state index in [0.29, 0.717) is 39.9 Å². The van der Waals surface area contributed by atoms with Crippen LogP contribution >= 0.6 is 11.6 Å². The number of benzene rings is 3. The summed E-state index contributed by atoms with van der Waals surface area (Å²) in [6.45, 7) is 4.30. The monoisotopic (exact) mass is 408 g/mol. The molecular weight excluding hydrogens is 388 g/mol. The standard InChI is InChI=1S/C23H21ClN2O3/c1-3-29-21-12-7-17(14-20(21)24)23(28)26-19-10-8-18(9-11-19)25-22(27)16-6-4-5-15(2)13-16/h4-14H,3H2,1-2H3,(H,25,27)(H,26,28). The number of halogens is 1. The minimum Gasteiger partial charge on any atom is -0.492 e. The third-order valence-corrected chi connectivity index (χ3v) is 4.47. The summed E-state index contributed by atoms with van der Waals surface area (Å²) in [6.07, 6.45) is 0. The molecule has 0 heterocycles. The van der Waals surface area contributed by atoms with Gasteiger partial charge in [0.2, 0.25) is 0 Å². The number of aryl methyl sites for hydroxylation is 1. The summed E-state index contributed by atoms with van der Waals surface area (Å²) in [5.41, 5.74) is 3.28. The van der Waals surface area contributed by atoms with Crippen molar-refractivity contribution in [3.05, 3.63) is 88.4 Å². The number of amides is 2. The molecule has 3 aromatic carbocycles. The van der Waals surface area contributed by atoms with Gasteiger partial charge < -0.3 is 15.4 Å². The Bertz CT molecular complexity index is 1030. The molecule has 0 saturated heterocycles. The van der Waals surface area contributed by atoms with Gasteiger partial charge in [-0.1, -0.05) is 29.3 Å².